The van der Waals surface area contributed by atoms with Gasteiger partial charge < -0.3 is 9.84 Å². The van der Waals surface area contributed by atoms with Crippen molar-refractivity contribution in [3.05, 3.63) is 53.6 Å². The molecule has 1 N–H and O–H groups in total. The molecule has 1 fully saturated rings. The summed E-state index contributed by atoms with van der Waals surface area (Å²) < 4.78 is 5.88. The van der Waals surface area contributed by atoms with Crippen molar-refractivity contribution in [2.75, 3.05) is 5.94 Å². The van der Waals surface area contributed by atoms with E-state index in [1.54, 1.807) is 11.8 Å². The number of ether oxygens (including phenoxy) is 1. The van der Waals surface area contributed by atoms with E-state index in [-0.39, 0.29) is 16.2 Å². The Morgan fingerprint density at radius 1 is 0.867 bits per heavy atom. The molecule has 6 rings (SSSR count). The zero-order valence-corrected chi connectivity index (χ0v) is 19.0. The Bertz CT molecular complexity index is 1210. The second kappa shape index (κ2) is 5.76. The third kappa shape index (κ3) is 2.45. The first-order valence-electron chi connectivity index (χ1n) is 10.9. The average Bonchev–Trinajstić information content (AvgIpc) is 3.20. The average molecular weight is 417 g/mol. The van der Waals surface area contributed by atoms with Gasteiger partial charge in [0.05, 0.1) is 4.90 Å². The Morgan fingerprint density at radius 3 is 2.37 bits per heavy atom. The van der Waals surface area contributed by atoms with Gasteiger partial charge in [-0.2, -0.15) is 0 Å². The van der Waals surface area contributed by atoms with Gasteiger partial charge in [0.2, 0.25) is 0 Å². The van der Waals surface area contributed by atoms with E-state index < -0.39 is 0 Å². The molecule has 0 unspecified atom stereocenters. The van der Waals surface area contributed by atoms with Crippen molar-refractivity contribution in [1.82, 2.24) is 0 Å². The largest absolute Gasteiger partial charge is 0.507 e. The summed E-state index contributed by atoms with van der Waals surface area (Å²) in [5.41, 5.74) is 5.78. The van der Waals surface area contributed by atoms with Gasteiger partial charge in [-0.15, -0.1) is 0 Å². The second-order valence-electron chi connectivity index (χ2n) is 11.1. The third-order valence-electron chi connectivity index (χ3n) is 7.35. The SMILES string of the molecule is CC1(C)CC(C)(C)CC2(C1)c1ccccc1-c1c2cc(O)c2cc3c(cc12)OCS3. The molecule has 0 radical (unpaired) electrons. The predicted molar refractivity (Wildman–Crippen MR) is 125 cm³/mol. The van der Waals surface area contributed by atoms with Gasteiger partial charge in [-0.05, 0) is 75.9 Å². The number of aromatic hydroxyl groups is 1. The van der Waals surface area contributed by atoms with Gasteiger partial charge in [0, 0.05) is 10.8 Å². The van der Waals surface area contributed by atoms with Crippen molar-refractivity contribution < 1.29 is 9.84 Å². The molecule has 0 saturated heterocycles. The zero-order chi connectivity index (χ0) is 20.9. The van der Waals surface area contributed by atoms with Gasteiger partial charge >= 0.3 is 0 Å². The fourth-order valence-electron chi connectivity index (χ4n) is 7.22. The topological polar surface area (TPSA) is 29.5 Å². The van der Waals surface area contributed by atoms with E-state index >= 15 is 0 Å². The summed E-state index contributed by atoms with van der Waals surface area (Å²) in [4.78, 5) is 1.12. The molecular formula is C27H28O2S. The summed E-state index contributed by atoms with van der Waals surface area (Å²) in [6, 6.07) is 15.3. The van der Waals surface area contributed by atoms with E-state index in [1.165, 1.54) is 28.7 Å². The van der Waals surface area contributed by atoms with Crippen molar-refractivity contribution in [2.45, 2.75) is 57.3 Å². The first-order valence-corrected chi connectivity index (χ1v) is 11.9. The highest BCUT2D eigenvalue weighted by atomic mass is 32.2. The fourth-order valence-corrected chi connectivity index (χ4v) is 8.00. The van der Waals surface area contributed by atoms with E-state index in [0.29, 0.717) is 11.7 Å². The van der Waals surface area contributed by atoms with Crippen molar-refractivity contribution in [3.63, 3.8) is 0 Å². The van der Waals surface area contributed by atoms with Crippen LogP contribution in [-0.4, -0.2) is 11.0 Å². The molecule has 2 aliphatic carbocycles. The van der Waals surface area contributed by atoms with E-state index in [9.17, 15) is 5.11 Å². The van der Waals surface area contributed by atoms with Crippen LogP contribution in [0.15, 0.2) is 47.4 Å². The summed E-state index contributed by atoms with van der Waals surface area (Å²) in [5, 5.41) is 13.2. The predicted octanol–water partition coefficient (Wildman–Crippen LogP) is 7.49. The minimum Gasteiger partial charge on any atom is -0.507 e. The monoisotopic (exact) mass is 416 g/mol. The van der Waals surface area contributed by atoms with Crippen molar-refractivity contribution in [1.29, 1.82) is 0 Å². The number of hydrogen-bond donors (Lipinski definition) is 1. The normalized spacial score (nSPS) is 21.9. The molecule has 1 aliphatic heterocycles. The van der Waals surface area contributed by atoms with Crippen molar-refractivity contribution in [2.24, 2.45) is 10.8 Å². The summed E-state index contributed by atoms with van der Waals surface area (Å²) in [6.07, 6.45) is 3.43. The molecule has 3 aromatic rings. The first-order chi connectivity index (χ1) is 14.2. The van der Waals surface area contributed by atoms with E-state index in [0.717, 1.165) is 34.3 Å². The summed E-state index contributed by atoms with van der Waals surface area (Å²) in [7, 11) is 0. The Hall–Kier alpha value is -2.13. The number of rotatable bonds is 0. The number of thioether (sulfide) groups is 1. The maximum absolute atomic E-state index is 11.2. The minimum absolute atomic E-state index is 0.0581. The van der Waals surface area contributed by atoms with Gasteiger partial charge in [0.25, 0.3) is 0 Å². The van der Waals surface area contributed by atoms with Crippen LogP contribution >= 0.6 is 11.8 Å². The smallest absolute Gasteiger partial charge is 0.138 e. The Kier molecular flexibility index (Phi) is 3.58. The summed E-state index contributed by atoms with van der Waals surface area (Å²) >= 11 is 1.70. The lowest BCUT2D eigenvalue weighted by atomic mass is 9.52. The van der Waals surface area contributed by atoms with Crippen LogP contribution in [0.3, 0.4) is 0 Å². The maximum atomic E-state index is 11.2. The standard InChI is InChI=1S/C27H28O2S/c1-25(2)12-26(3,4)14-27(13-25)19-8-6-5-7-16(19)24-18-9-22-23(30-15-29-22)10-17(18)21(28)11-20(24)27/h5-11,28H,12-15H2,1-4H3. The molecular weight excluding hydrogens is 388 g/mol. The van der Waals surface area contributed by atoms with Gasteiger partial charge in [-0.3, -0.25) is 0 Å². The Labute approximate surface area is 182 Å². The maximum Gasteiger partial charge on any atom is 0.138 e. The van der Waals surface area contributed by atoms with E-state index in [2.05, 4.69) is 70.2 Å². The van der Waals surface area contributed by atoms with Crippen LogP contribution < -0.4 is 4.74 Å². The number of hydrogen-bond acceptors (Lipinski definition) is 3. The van der Waals surface area contributed by atoms with Crippen LogP contribution in [-0.2, 0) is 5.41 Å². The Morgan fingerprint density at radius 2 is 1.60 bits per heavy atom. The highest BCUT2D eigenvalue weighted by Gasteiger charge is 2.53. The van der Waals surface area contributed by atoms with Crippen molar-refractivity contribution in [3.8, 4) is 22.6 Å². The number of fused-ring (bicyclic) bond motifs is 8. The zero-order valence-electron chi connectivity index (χ0n) is 18.1. The number of phenolic OH excluding ortho intramolecular Hbond substituents is 1. The molecule has 3 aliphatic rings. The highest BCUT2D eigenvalue weighted by Crippen LogP contribution is 2.65. The molecule has 3 heteroatoms. The lowest BCUT2D eigenvalue weighted by Crippen LogP contribution is -2.43. The molecule has 1 heterocycles. The van der Waals surface area contributed by atoms with Crippen LogP contribution in [0.25, 0.3) is 21.9 Å². The molecule has 1 spiro atoms. The molecule has 30 heavy (non-hydrogen) atoms. The van der Waals surface area contributed by atoms with E-state index in [4.69, 9.17) is 4.74 Å². The van der Waals surface area contributed by atoms with Crippen LogP contribution in [0.2, 0.25) is 0 Å². The molecule has 0 bridgehead atoms. The number of benzene rings is 3. The van der Waals surface area contributed by atoms with Crippen molar-refractivity contribution >= 4 is 22.5 Å². The number of phenols is 1. The highest BCUT2D eigenvalue weighted by molar-refractivity contribution is 7.99. The third-order valence-corrected chi connectivity index (χ3v) is 8.22. The second-order valence-corrected chi connectivity index (χ2v) is 12.0. The molecule has 0 atom stereocenters. The van der Waals surface area contributed by atoms with Crippen LogP contribution in [0.5, 0.6) is 11.5 Å². The Balaban J connectivity index is 1.73. The van der Waals surface area contributed by atoms with Crippen LogP contribution in [0, 0.1) is 10.8 Å². The molecule has 3 aromatic carbocycles. The molecule has 0 amide bonds. The van der Waals surface area contributed by atoms with Gasteiger partial charge in [0.15, 0.2) is 0 Å². The molecule has 1 saturated carbocycles. The molecule has 154 valence electrons. The summed E-state index contributed by atoms with van der Waals surface area (Å²) in [5.74, 6) is 1.99. The van der Waals surface area contributed by atoms with Gasteiger partial charge in [0.1, 0.15) is 17.4 Å². The molecule has 0 aromatic heterocycles. The first kappa shape index (κ1) is 18.6. The van der Waals surface area contributed by atoms with Crippen LogP contribution in [0.1, 0.15) is 58.1 Å². The summed E-state index contributed by atoms with van der Waals surface area (Å²) in [6.45, 7) is 9.65. The van der Waals surface area contributed by atoms with Gasteiger partial charge in [-0.1, -0.05) is 63.7 Å². The van der Waals surface area contributed by atoms with Gasteiger partial charge in [-0.25, -0.2) is 0 Å². The quantitative estimate of drug-likeness (QED) is 0.412. The van der Waals surface area contributed by atoms with Crippen LogP contribution in [0.4, 0.5) is 0 Å². The lowest BCUT2D eigenvalue weighted by Gasteiger charge is -2.51. The fraction of sp³-hybridized carbons (Fsp3) is 0.407. The minimum atomic E-state index is -0.0581. The van der Waals surface area contributed by atoms with E-state index in [1.807, 2.05) is 0 Å². The lowest BCUT2D eigenvalue weighted by molar-refractivity contribution is 0.0645. The molecule has 2 nitrogen and oxygen atoms in total.